The van der Waals surface area contributed by atoms with Crippen molar-refractivity contribution >= 4 is 40.6 Å². The minimum atomic E-state index is -2.10. The van der Waals surface area contributed by atoms with E-state index in [2.05, 4.69) is 0 Å². The van der Waals surface area contributed by atoms with Crippen molar-refractivity contribution in [2.75, 3.05) is 19.6 Å². The topological polar surface area (TPSA) is 70.1 Å². The first kappa shape index (κ1) is 22.4. The number of carbonyl (C=O) groups is 1. The Bertz CT molecular complexity index is 688. The second-order valence-electron chi connectivity index (χ2n) is 7.53. The number of amides is 1. The van der Waals surface area contributed by atoms with Crippen molar-refractivity contribution in [1.29, 1.82) is 0 Å². The largest absolute Gasteiger partial charge is 0.444 e. The minimum Gasteiger partial charge on any atom is -0.444 e. The molecule has 1 aliphatic heterocycles. The molecule has 1 N–H and O–H groups in total. The molecule has 1 aliphatic rings. The molecule has 9 heteroatoms. The Morgan fingerprint density at radius 2 is 1.96 bits per heavy atom. The van der Waals surface area contributed by atoms with Gasteiger partial charge in [0.2, 0.25) is 11.3 Å². The van der Waals surface area contributed by atoms with Crippen LogP contribution in [-0.2, 0) is 22.4 Å². The van der Waals surface area contributed by atoms with Gasteiger partial charge in [0.1, 0.15) is 5.60 Å². The van der Waals surface area contributed by atoms with E-state index in [4.69, 9.17) is 27.9 Å². The molecule has 0 spiro atoms. The van der Waals surface area contributed by atoms with E-state index in [-0.39, 0.29) is 12.1 Å². The average Bonchev–Trinajstić information content (AvgIpc) is 2.57. The van der Waals surface area contributed by atoms with Crippen LogP contribution in [-0.4, -0.2) is 55.3 Å². The van der Waals surface area contributed by atoms with Gasteiger partial charge in [-0.2, -0.15) is 4.31 Å². The van der Waals surface area contributed by atoms with Crippen LogP contribution in [0.5, 0.6) is 0 Å². The number of rotatable bonds is 5. The Kier molecular flexibility index (Phi) is 7.94. The lowest BCUT2D eigenvalue weighted by atomic mass is 10.0. The number of benzene rings is 1. The smallest absolute Gasteiger partial charge is 0.410 e. The molecule has 0 bridgehead atoms. The number of hydrogen-bond acceptors (Lipinski definition) is 3. The Hall–Kier alpha value is -0.860. The quantitative estimate of drug-likeness (QED) is 0.695. The summed E-state index contributed by atoms with van der Waals surface area (Å²) < 4.78 is 28.5. The molecule has 1 heterocycles. The zero-order valence-electron chi connectivity index (χ0n) is 15.8. The standard InChI is InChI=1S/C18H26Cl2N2O4S/c1-18(2,3)26-17(23)21-10-8-14(9-11-21)22(27(24)25)12-7-13-5-4-6-15(19)16(13)20/h4-6,14H,7-12H2,1-3H3,(H,24,25). The summed E-state index contributed by atoms with van der Waals surface area (Å²) in [6.07, 6.45) is 1.38. The Balaban J connectivity index is 1.94. The highest BCUT2D eigenvalue weighted by Gasteiger charge is 2.31. The van der Waals surface area contributed by atoms with E-state index >= 15 is 0 Å². The van der Waals surface area contributed by atoms with Gasteiger partial charge in [-0.25, -0.2) is 9.00 Å². The van der Waals surface area contributed by atoms with Gasteiger partial charge < -0.3 is 9.64 Å². The first-order valence-electron chi connectivity index (χ1n) is 8.87. The van der Waals surface area contributed by atoms with Crippen molar-refractivity contribution < 1.29 is 18.3 Å². The van der Waals surface area contributed by atoms with Crippen LogP contribution in [0.1, 0.15) is 39.2 Å². The van der Waals surface area contributed by atoms with Gasteiger partial charge >= 0.3 is 6.09 Å². The van der Waals surface area contributed by atoms with Gasteiger partial charge in [-0.3, -0.25) is 4.55 Å². The number of carbonyl (C=O) groups excluding carboxylic acids is 1. The van der Waals surface area contributed by atoms with Gasteiger partial charge in [0.05, 0.1) is 10.0 Å². The van der Waals surface area contributed by atoms with E-state index in [1.165, 1.54) is 0 Å². The van der Waals surface area contributed by atoms with Crippen LogP contribution >= 0.6 is 23.2 Å². The number of hydrogen-bond donors (Lipinski definition) is 1. The third-order valence-corrected chi connectivity index (χ3v) is 6.10. The first-order chi connectivity index (χ1) is 12.6. The second kappa shape index (κ2) is 9.56. The maximum Gasteiger partial charge on any atom is 0.410 e. The van der Waals surface area contributed by atoms with E-state index in [1.807, 2.05) is 32.9 Å². The second-order valence-corrected chi connectivity index (χ2v) is 9.25. The van der Waals surface area contributed by atoms with Gasteiger partial charge in [0.25, 0.3) is 0 Å². The third kappa shape index (κ3) is 6.61. The highest BCUT2D eigenvalue weighted by molar-refractivity contribution is 7.76. The van der Waals surface area contributed by atoms with Gasteiger partial charge in [-0.1, -0.05) is 35.3 Å². The highest BCUT2D eigenvalue weighted by Crippen LogP contribution is 2.27. The van der Waals surface area contributed by atoms with Crippen molar-refractivity contribution in [3.8, 4) is 0 Å². The van der Waals surface area contributed by atoms with Gasteiger partial charge in [-0.15, -0.1) is 0 Å². The van der Waals surface area contributed by atoms with E-state index in [0.29, 0.717) is 48.9 Å². The van der Waals surface area contributed by atoms with Crippen LogP contribution in [0.2, 0.25) is 10.0 Å². The fourth-order valence-corrected chi connectivity index (χ4v) is 4.15. The molecule has 6 nitrogen and oxygen atoms in total. The molecule has 2 rings (SSSR count). The Morgan fingerprint density at radius 3 is 2.52 bits per heavy atom. The minimum absolute atomic E-state index is 0.0903. The number of piperidine rings is 1. The number of ether oxygens (including phenoxy) is 1. The molecule has 0 saturated carbocycles. The van der Waals surface area contributed by atoms with Gasteiger partial charge in [-0.05, 0) is 51.7 Å². The maximum absolute atomic E-state index is 12.2. The summed E-state index contributed by atoms with van der Waals surface area (Å²) in [5.74, 6) is 0. The summed E-state index contributed by atoms with van der Waals surface area (Å²) >= 11 is 10.1. The van der Waals surface area contributed by atoms with Crippen LogP contribution in [0.3, 0.4) is 0 Å². The van der Waals surface area contributed by atoms with Crippen LogP contribution in [0.15, 0.2) is 18.2 Å². The van der Waals surface area contributed by atoms with Crippen molar-refractivity contribution in [2.45, 2.75) is 51.7 Å². The van der Waals surface area contributed by atoms with E-state index in [0.717, 1.165) is 5.56 Å². The SMILES string of the molecule is CC(C)(C)OC(=O)N1CCC(N(CCc2cccc(Cl)c2Cl)S(=O)O)CC1. The maximum atomic E-state index is 12.2. The molecular weight excluding hydrogens is 411 g/mol. The first-order valence-corrected chi connectivity index (χ1v) is 10.7. The van der Waals surface area contributed by atoms with Crippen LogP contribution in [0, 0.1) is 0 Å². The monoisotopic (exact) mass is 436 g/mol. The molecule has 1 saturated heterocycles. The highest BCUT2D eigenvalue weighted by atomic mass is 35.5. The molecule has 0 radical (unpaired) electrons. The van der Waals surface area contributed by atoms with Crippen LogP contribution in [0.25, 0.3) is 0 Å². The van der Waals surface area contributed by atoms with Gasteiger partial charge in [0.15, 0.2) is 0 Å². The van der Waals surface area contributed by atoms with Crippen LogP contribution < -0.4 is 0 Å². The molecule has 27 heavy (non-hydrogen) atoms. The molecule has 1 aromatic carbocycles. The predicted molar refractivity (Wildman–Crippen MR) is 108 cm³/mol. The van der Waals surface area contributed by atoms with Crippen LogP contribution in [0.4, 0.5) is 4.79 Å². The summed E-state index contributed by atoms with van der Waals surface area (Å²) in [5, 5.41) is 0.944. The number of nitrogens with zero attached hydrogens (tertiary/aromatic N) is 2. The van der Waals surface area contributed by atoms with Crippen molar-refractivity contribution in [2.24, 2.45) is 0 Å². The zero-order chi connectivity index (χ0) is 20.2. The van der Waals surface area contributed by atoms with E-state index in [9.17, 15) is 13.6 Å². The number of likely N-dealkylation sites (tertiary alicyclic amines) is 1. The lowest BCUT2D eigenvalue weighted by Crippen LogP contribution is -2.48. The molecule has 0 aromatic heterocycles. The molecule has 0 aliphatic carbocycles. The summed E-state index contributed by atoms with van der Waals surface area (Å²) in [5.41, 5.74) is 0.300. The van der Waals surface area contributed by atoms with Crippen molar-refractivity contribution in [3.63, 3.8) is 0 Å². The summed E-state index contributed by atoms with van der Waals surface area (Å²) in [4.78, 5) is 13.8. The van der Waals surface area contributed by atoms with Gasteiger partial charge in [0, 0.05) is 25.7 Å². The van der Waals surface area contributed by atoms with E-state index in [1.54, 1.807) is 15.3 Å². The predicted octanol–water partition coefficient (Wildman–Crippen LogP) is 4.37. The van der Waals surface area contributed by atoms with Crippen molar-refractivity contribution in [1.82, 2.24) is 9.21 Å². The fourth-order valence-electron chi connectivity index (χ4n) is 3.02. The summed E-state index contributed by atoms with van der Waals surface area (Å²) in [6.45, 7) is 6.84. The molecule has 152 valence electrons. The Morgan fingerprint density at radius 1 is 1.33 bits per heavy atom. The normalized spacial score (nSPS) is 17.2. The molecule has 1 aromatic rings. The average molecular weight is 437 g/mol. The lowest BCUT2D eigenvalue weighted by molar-refractivity contribution is 0.0178. The van der Waals surface area contributed by atoms with Crippen molar-refractivity contribution in [3.05, 3.63) is 33.8 Å². The fraction of sp³-hybridized carbons (Fsp3) is 0.611. The zero-order valence-corrected chi connectivity index (χ0v) is 18.1. The lowest BCUT2D eigenvalue weighted by Gasteiger charge is -2.37. The molecule has 1 fully saturated rings. The summed E-state index contributed by atoms with van der Waals surface area (Å²) in [7, 11) is 0. The Labute approximate surface area is 173 Å². The van der Waals surface area contributed by atoms with E-state index < -0.39 is 16.9 Å². The third-order valence-electron chi connectivity index (χ3n) is 4.36. The molecule has 1 amide bonds. The molecular formula is C18H26Cl2N2O4S. The molecule has 1 atom stereocenters. The molecule has 1 unspecified atom stereocenters. The number of halogens is 2. The summed E-state index contributed by atoms with van der Waals surface area (Å²) in [6, 6.07) is 5.29.